The maximum absolute atomic E-state index is 11.8. The highest BCUT2D eigenvalue weighted by Gasteiger charge is 2.31. The summed E-state index contributed by atoms with van der Waals surface area (Å²) in [4.78, 5) is 42.2. The van der Waals surface area contributed by atoms with Gasteiger partial charge in [-0.2, -0.15) is 0 Å². The largest absolute Gasteiger partial charge is 0.483 e. The SMILES string of the molecule is CC(=O)Nc1ccc(Oc2ccc3nc(C(C)Oc4ccc(CC5SC(=O)NC5=O)cc4)[nH]c3c2)cc1. The van der Waals surface area contributed by atoms with Crippen molar-refractivity contribution in [2.75, 3.05) is 5.32 Å². The normalized spacial score (nSPS) is 15.9. The van der Waals surface area contributed by atoms with Gasteiger partial charge in [-0.3, -0.25) is 19.7 Å². The lowest BCUT2D eigenvalue weighted by atomic mass is 10.1. The number of H-pyrrole nitrogens is 1. The summed E-state index contributed by atoms with van der Waals surface area (Å²) in [5.74, 6) is 2.26. The zero-order valence-corrected chi connectivity index (χ0v) is 20.9. The van der Waals surface area contributed by atoms with Crippen molar-refractivity contribution in [3.05, 3.63) is 78.1 Å². The second-order valence-corrected chi connectivity index (χ2v) is 9.78. The van der Waals surface area contributed by atoms with E-state index in [9.17, 15) is 14.4 Å². The number of hydrogen-bond acceptors (Lipinski definition) is 7. The summed E-state index contributed by atoms with van der Waals surface area (Å²) in [6.45, 7) is 3.37. The van der Waals surface area contributed by atoms with Crippen molar-refractivity contribution in [3.63, 3.8) is 0 Å². The number of fused-ring (bicyclic) bond motifs is 1. The molecule has 3 N–H and O–H groups in total. The Balaban J connectivity index is 1.22. The Bertz CT molecular complexity index is 1470. The van der Waals surface area contributed by atoms with Crippen molar-refractivity contribution >= 4 is 45.5 Å². The van der Waals surface area contributed by atoms with Gasteiger partial charge in [0.05, 0.1) is 16.3 Å². The molecule has 1 saturated heterocycles. The van der Waals surface area contributed by atoms with Crippen LogP contribution in [0.15, 0.2) is 66.7 Å². The van der Waals surface area contributed by atoms with Crippen LogP contribution < -0.4 is 20.1 Å². The molecular weight excluding hydrogens is 492 g/mol. The van der Waals surface area contributed by atoms with Gasteiger partial charge in [0.25, 0.3) is 5.24 Å². The number of nitrogens with zero attached hydrogens (tertiary/aromatic N) is 1. The van der Waals surface area contributed by atoms with Crippen LogP contribution in [0.1, 0.15) is 31.3 Å². The van der Waals surface area contributed by atoms with E-state index in [1.165, 1.54) is 6.92 Å². The Kier molecular flexibility index (Phi) is 6.82. The number of aromatic amines is 1. The van der Waals surface area contributed by atoms with Gasteiger partial charge in [-0.15, -0.1) is 0 Å². The fourth-order valence-electron chi connectivity index (χ4n) is 3.92. The average Bonchev–Trinajstić information content (AvgIpc) is 3.43. The maximum Gasteiger partial charge on any atom is 0.286 e. The number of thioether (sulfide) groups is 1. The van der Waals surface area contributed by atoms with Crippen LogP contribution in [0.4, 0.5) is 10.5 Å². The van der Waals surface area contributed by atoms with Crippen LogP contribution in [-0.2, 0) is 16.0 Å². The van der Waals surface area contributed by atoms with Gasteiger partial charge in [-0.25, -0.2) is 4.98 Å². The molecule has 4 aromatic rings. The standard InChI is InChI=1S/C27H24N4O5S/c1-15(35-19-7-3-17(4-8-19)13-24-26(33)31-27(34)37-24)25-29-22-12-11-21(14-23(22)30-25)36-20-9-5-18(6-10-20)28-16(2)32/h3-12,14-15,24H,13H2,1-2H3,(H,28,32)(H,29,30)(H,31,33,34). The van der Waals surface area contributed by atoms with E-state index in [2.05, 4.69) is 20.6 Å². The first kappa shape index (κ1) is 24.4. The van der Waals surface area contributed by atoms with Crippen molar-refractivity contribution in [3.8, 4) is 17.2 Å². The minimum Gasteiger partial charge on any atom is -0.483 e. The number of rotatable bonds is 8. The number of hydrogen-bond donors (Lipinski definition) is 3. The lowest BCUT2D eigenvalue weighted by molar-refractivity contribution is -0.119. The minimum absolute atomic E-state index is 0.128. The summed E-state index contributed by atoms with van der Waals surface area (Å²) < 4.78 is 12.0. The number of carbonyl (C=O) groups is 3. The molecule has 3 aromatic carbocycles. The van der Waals surface area contributed by atoms with Crippen LogP contribution in [0.5, 0.6) is 17.2 Å². The monoisotopic (exact) mass is 516 g/mol. The molecule has 10 heteroatoms. The quantitative estimate of drug-likeness (QED) is 0.289. The van der Waals surface area contributed by atoms with Crippen molar-refractivity contribution in [1.29, 1.82) is 0 Å². The van der Waals surface area contributed by atoms with Gasteiger partial charge < -0.3 is 19.8 Å². The Morgan fingerprint density at radius 3 is 2.41 bits per heavy atom. The lowest BCUT2D eigenvalue weighted by Gasteiger charge is -2.13. The summed E-state index contributed by atoms with van der Waals surface area (Å²) >= 11 is 1.02. The molecule has 2 atom stereocenters. The number of aromatic nitrogens is 2. The lowest BCUT2D eigenvalue weighted by Crippen LogP contribution is -2.25. The van der Waals surface area contributed by atoms with E-state index in [1.807, 2.05) is 49.4 Å². The molecule has 1 aliphatic rings. The summed E-state index contributed by atoms with van der Waals surface area (Å²) in [5.41, 5.74) is 3.25. The second-order valence-electron chi connectivity index (χ2n) is 8.60. The summed E-state index contributed by atoms with van der Waals surface area (Å²) in [7, 11) is 0. The molecular formula is C27H24N4O5S. The van der Waals surface area contributed by atoms with E-state index in [4.69, 9.17) is 9.47 Å². The van der Waals surface area contributed by atoms with Crippen LogP contribution in [0.3, 0.4) is 0 Å². The molecule has 0 saturated carbocycles. The van der Waals surface area contributed by atoms with Crippen molar-refractivity contribution in [2.45, 2.75) is 31.6 Å². The predicted octanol–water partition coefficient (Wildman–Crippen LogP) is 5.35. The Labute approximate surface area is 217 Å². The summed E-state index contributed by atoms with van der Waals surface area (Å²) in [6.07, 6.45) is 0.142. The Hall–Kier alpha value is -4.31. The molecule has 9 nitrogen and oxygen atoms in total. The minimum atomic E-state index is -0.397. The Morgan fingerprint density at radius 2 is 1.73 bits per heavy atom. The third-order valence-electron chi connectivity index (χ3n) is 5.69. The highest BCUT2D eigenvalue weighted by molar-refractivity contribution is 8.15. The smallest absolute Gasteiger partial charge is 0.286 e. The summed E-state index contributed by atoms with van der Waals surface area (Å²) in [5, 5.41) is 4.33. The third kappa shape index (κ3) is 5.92. The molecule has 0 bridgehead atoms. The van der Waals surface area contributed by atoms with Crippen LogP contribution >= 0.6 is 11.8 Å². The molecule has 37 heavy (non-hydrogen) atoms. The topological polar surface area (TPSA) is 122 Å². The van der Waals surface area contributed by atoms with E-state index in [-0.39, 0.29) is 23.2 Å². The molecule has 188 valence electrons. The zero-order chi connectivity index (χ0) is 25.9. The predicted molar refractivity (Wildman–Crippen MR) is 141 cm³/mol. The first-order chi connectivity index (χ1) is 17.8. The maximum atomic E-state index is 11.8. The van der Waals surface area contributed by atoms with Gasteiger partial charge in [0.15, 0.2) is 6.10 Å². The number of benzene rings is 3. The molecule has 3 amide bonds. The average molecular weight is 517 g/mol. The second kappa shape index (κ2) is 10.4. The van der Waals surface area contributed by atoms with Crippen LogP contribution in [0, 0.1) is 0 Å². The van der Waals surface area contributed by atoms with Crippen LogP contribution in [0.25, 0.3) is 11.0 Å². The number of imidazole rings is 1. The van der Waals surface area contributed by atoms with Gasteiger partial charge in [-0.05, 0) is 67.4 Å². The fraction of sp³-hybridized carbons (Fsp3) is 0.185. The molecule has 2 heterocycles. The van der Waals surface area contributed by atoms with Crippen LogP contribution in [-0.4, -0.2) is 32.3 Å². The molecule has 1 aromatic heterocycles. The third-order valence-corrected chi connectivity index (χ3v) is 6.67. The van der Waals surface area contributed by atoms with E-state index >= 15 is 0 Å². The molecule has 2 unspecified atom stereocenters. The van der Waals surface area contributed by atoms with E-state index in [0.29, 0.717) is 35.2 Å². The van der Waals surface area contributed by atoms with E-state index in [0.717, 1.165) is 28.4 Å². The number of amides is 3. The summed E-state index contributed by atoms with van der Waals surface area (Å²) in [6, 6.07) is 20.2. The van der Waals surface area contributed by atoms with E-state index in [1.54, 1.807) is 24.3 Å². The molecule has 1 aliphatic heterocycles. The zero-order valence-electron chi connectivity index (χ0n) is 20.1. The Morgan fingerprint density at radius 1 is 1.03 bits per heavy atom. The van der Waals surface area contributed by atoms with Gasteiger partial charge in [0.2, 0.25) is 11.8 Å². The molecule has 0 radical (unpaired) electrons. The molecule has 0 aliphatic carbocycles. The molecule has 1 fully saturated rings. The van der Waals surface area contributed by atoms with Crippen LogP contribution in [0.2, 0.25) is 0 Å². The van der Waals surface area contributed by atoms with E-state index < -0.39 is 5.25 Å². The fourth-order valence-corrected chi connectivity index (χ4v) is 4.78. The first-order valence-corrected chi connectivity index (χ1v) is 12.5. The van der Waals surface area contributed by atoms with Gasteiger partial charge in [0, 0.05) is 18.7 Å². The molecule has 5 rings (SSSR count). The van der Waals surface area contributed by atoms with Gasteiger partial charge >= 0.3 is 0 Å². The van der Waals surface area contributed by atoms with Gasteiger partial charge in [0.1, 0.15) is 23.1 Å². The van der Waals surface area contributed by atoms with Crippen molar-refractivity contribution in [2.24, 2.45) is 0 Å². The highest BCUT2D eigenvalue weighted by Crippen LogP contribution is 2.29. The first-order valence-electron chi connectivity index (χ1n) is 11.6. The highest BCUT2D eigenvalue weighted by atomic mass is 32.2. The van der Waals surface area contributed by atoms with Gasteiger partial charge in [-0.1, -0.05) is 23.9 Å². The number of carbonyl (C=O) groups excluding carboxylic acids is 3. The number of anilines is 1. The molecule has 0 spiro atoms. The number of nitrogens with one attached hydrogen (secondary N) is 3. The van der Waals surface area contributed by atoms with Crippen molar-refractivity contribution < 1.29 is 23.9 Å². The van der Waals surface area contributed by atoms with Crippen molar-refractivity contribution in [1.82, 2.24) is 15.3 Å². The number of imide groups is 1. The number of ether oxygens (including phenoxy) is 2.